The molecule has 0 aromatic heterocycles. The van der Waals surface area contributed by atoms with Crippen molar-refractivity contribution in [1.29, 1.82) is 0 Å². The van der Waals surface area contributed by atoms with E-state index in [2.05, 4.69) is 5.32 Å². The Morgan fingerprint density at radius 1 is 1.33 bits per heavy atom. The average Bonchev–Trinajstić information content (AvgIpc) is 2.27. The molecule has 0 bridgehead atoms. The van der Waals surface area contributed by atoms with E-state index >= 15 is 0 Å². The van der Waals surface area contributed by atoms with Gasteiger partial charge in [-0.15, -0.1) is 0 Å². The zero-order valence-electron chi connectivity index (χ0n) is 11.5. The molecule has 100 valence electrons. The first-order chi connectivity index (χ1) is 8.43. The molecular weight excluding hydrogens is 228 g/mol. The van der Waals surface area contributed by atoms with Crippen molar-refractivity contribution in [2.75, 3.05) is 13.2 Å². The second-order valence-electron chi connectivity index (χ2n) is 4.72. The van der Waals surface area contributed by atoms with E-state index in [1.807, 2.05) is 39.8 Å². The first-order valence-electron chi connectivity index (χ1n) is 6.14. The molecule has 1 aromatic rings. The molecule has 1 amide bonds. The van der Waals surface area contributed by atoms with Gasteiger partial charge in [0.25, 0.3) is 5.91 Å². The molecule has 0 unspecified atom stereocenters. The normalized spacial score (nSPS) is 12.1. The summed E-state index contributed by atoms with van der Waals surface area (Å²) in [4.78, 5) is 11.6. The van der Waals surface area contributed by atoms with Crippen LogP contribution >= 0.6 is 0 Å². The van der Waals surface area contributed by atoms with Gasteiger partial charge in [0.05, 0.1) is 0 Å². The molecule has 4 heteroatoms. The third-order valence-electron chi connectivity index (χ3n) is 2.71. The zero-order valence-corrected chi connectivity index (χ0v) is 11.5. The summed E-state index contributed by atoms with van der Waals surface area (Å²) in [5, 5.41) is 2.76. The minimum Gasteiger partial charge on any atom is -0.483 e. The number of hydrogen-bond acceptors (Lipinski definition) is 3. The molecular formula is C14H22N2O2. The van der Waals surface area contributed by atoms with Crippen LogP contribution in [0.4, 0.5) is 0 Å². The Morgan fingerprint density at radius 3 is 2.39 bits per heavy atom. The number of nitrogens with two attached hydrogens (primary N) is 1. The smallest absolute Gasteiger partial charge is 0.258 e. The van der Waals surface area contributed by atoms with E-state index in [-0.39, 0.29) is 18.6 Å². The quantitative estimate of drug-likeness (QED) is 0.831. The van der Waals surface area contributed by atoms with Crippen molar-refractivity contribution in [1.82, 2.24) is 5.32 Å². The summed E-state index contributed by atoms with van der Waals surface area (Å²) in [7, 11) is 0. The van der Waals surface area contributed by atoms with E-state index in [1.165, 1.54) is 5.56 Å². The van der Waals surface area contributed by atoms with E-state index in [1.54, 1.807) is 0 Å². The summed E-state index contributed by atoms with van der Waals surface area (Å²) >= 11 is 0. The minimum atomic E-state index is -0.146. The Labute approximate surface area is 109 Å². The van der Waals surface area contributed by atoms with Gasteiger partial charge in [-0.1, -0.05) is 17.7 Å². The van der Waals surface area contributed by atoms with Crippen LogP contribution in [0.5, 0.6) is 5.75 Å². The molecule has 0 aliphatic heterocycles. The molecule has 18 heavy (non-hydrogen) atoms. The second-order valence-corrected chi connectivity index (χ2v) is 4.72. The van der Waals surface area contributed by atoms with Crippen LogP contribution in [0, 0.1) is 20.8 Å². The van der Waals surface area contributed by atoms with Crippen LogP contribution in [-0.4, -0.2) is 25.1 Å². The van der Waals surface area contributed by atoms with Crippen LogP contribution in [0.25, 0.3) is 0 Å². The molecule has 1 atom stereocenters. The lowest BCUT2D eigenvalue weighted by atomic mass is 10.1. The maximum Gasteiger partial charge on any atom is 0.258 e. The van der Waals surface area contributed by atoms with Gasteiger partial charge in [-0.25, -0.2) is 0 Å². The number of carbonyl (C=O) groups is 1. The number of amides is 1. The number of nitrogens with one attached hydrogen (secondary N) is 1. The maximum atomic E-state index is 11.6. The summed E-state index contributed by atoms with van der Waals surface area (Å²) in [5.41, 5.74) is 8.73. The van der Waals surface area contributed by atoms with Gasteiger partial charge in [-0.2, -0.15) is 0 Å². The molecule has 0 spiro atoms. The first kappa shape index (κ1) is 14.5. The molecule has 0 aliphatic carbocycles. The lowest BCUT2D eigenvalue weighted by Gasteiger charge is -2.15. The number of aryl methyl sites for hydroxylation is 3. The third-order valence-corrected chi connectivity index (χ3v) is 2.71. The van der Waals surface area contributed by atoms with E-state index in [0.717, 1.165) is 16.9 Å². The molecule has 0 saturated heterocycles. The Morgan fingerprint density at radius 2 is 1.89 bits per heavy atom. The van der Waals surface area contributed by atoms with Gasteiger partial charge in [-0.05, 0) is 38.8 Å². The Kier molecular flexibility index (Phi) is 5.16. The average molecular weight is 250 g/mol. The molecule has 1 rings (SSSR count). The fourth-order valence-electron chi connectivity index (χ4n) is 1.91. The van der Waals surface area contributed by atoms with Crippen molar-refractivity contribution < 1.29 is 9.53 Å². The van der Waals surface area contributed by atoms with Gasteiger partial charge in [-0.3, -0.25) is 4.79 Å². The first-order valence-corrected chi connectivity index (χ1v) is 6.14. The highest BCUT2D eigenvalue weighted by Crippen LogP contribution is 2.24. The highest BCUT2D eigenvalue weighted by atomic mass is 16.5. The van der Waals surface area contributed by atoms with Gasteiger partial charge in [0.2, 0.25) is 0 Å². The lowest BCUT2D eigenvalue weighted by molar-refractivity contribution is -0.123. The Bertz CT molecular complexity index is 407. The number of benzene rings is 1. The van der Waals surface area contributed by atoms with Crippen molar-refractivity contribution in [2.45, 2.75) is 33.7 Å². The molecule has 0 heterocycles. The van der Waals surface area contributed by atoms with Gasteiger partial charge in [0.15, 0.2) is 6.61 Å². The number of ether oxygens (including phenoxy) is 1. The van der Waals surface area contributed by atoms with E-state index in [0.29, 0.717) is 6.54 Å². The number of rotatable bonds is 5. The summed E-state index contributed by atoms with van der Waals surface area (Å²) in [5.74, 6) is 0.642. The van der Waals surface area contributed by atoms with Crippen LogP contribution in [0.3, 0.4) is 0 Å². The van der Waals surface area contributed by atoms with Crippen LogP contribution in [0.1, 0.15) is 23.6 Å². The fourth-order valence-corrected chi connectivity index (χ4v) is 1.91. The summed E-state index contributed by atoms with van der Waals surface area (Å²) in [6.45, 7) is 8.31. The maximum absolute atomic E-state index is 11.6. The predicted octanol–water partition coefficient (Wildman–Crippen LogP) is 1.45. The van der Waals surface area contributed by atoms with Gasteiger partial charge < -0.3 is 15.8 Å². The second kappa shape index (κ2) is 6.40. The van der Waals surface area contributed by atoms with Crippen molar-refractivity contribution >= 4 is 5.91 Å². The van der Waals surface area contributed by atoms with Gasteiger partial charge in [0.1, 0.15) is 5.75 Å². The SMILES string of the molecule is Cc1cc(C)c(OCC(=O)N[C@@H](C)CN)c(C)c1. The Hall–Kier alpha value is -1.55. The highest BCUT2D eigenvalue weighted by Gasteiger charge is 2.09. The van der Waals surface area contributed by atoms with Crippen molar-refractivity contribution in [3.63, 3.8) is 0 Å². The largest absolute Gasteiger partial charge is 0.483 e. The summed E-state index contributed by atoms with van der Waals surface area (Å²) in [6, 6.07) is 4.06. The van der Waals surface area contributed by atoms with Crippen LogP contribution < -0.4 is 15.8 Å². The number of carbonyl (C=O) groups excluding carboxylic acids is 1. The van der Waals surface area contributed by atoms with E-state index in [4.69, 9.17) is 10.5 Å². The zero-order chi connectivity index (χ0) is 13.7. The van der Waals surface area contributed by atoms with Gasteiger partial charge in [0, 0.05) is 12.6 Å². The molecule has 0 aliphatic rings. The lowest BCUT2D eigenvalue weighted by Crippen LogP contribution is -2.40. The number of hydrogen-bond donors (Lipinski definition) is 2. The summed E-state index contributed by atoms with van der Waals surface area (Å²) < 4.78 is 5.58. The van der Waals surface area contributed by atoms with Crippen LogP contribution in [0.15, 0.2) is 12.1 Å². The van der Waals surface area contributed by atoms with Crippen molar-refractivity contribution in [3.8, 4) is 5.75 Å². The minimum absolute atomic E-state index is 0.0229. The topological polar surface area (TPSA) is 64.3 Å². The molecule has 4 nitrogen and oxygen atoms in total. The van der Waals surface area contributed by atoms with E-state index < -0.39 is 0 Å². The Balaban J connectivity index is 2.61. The molecule has 0 radical (unpaired) electrons. The molecule has 0 saturated carbocycles. The standard InChI is InChI=1S/C14H22N2O2/c1-9-5-10(2)14(11(3)6-9)18-8-13(17)16-12(4)7-15/h5-6,12H,7-8,15H2,1-4H3,(H,16,17)/t12-/m0/s1. The van der Waals surface area contributed by atoms with E-state index in [9.17, 15) is 4.79 Å². The fraction of sp³-hybridized carbons (Fsp3) is 0.500. The molecule has 3 N–H and O–H groups in total. The van der Waals surface area contributed by atoms with Crippen LogP contribution in [0.2, 0.25) is 0 Å². The molecule has 1 aromatic carbocycles. The van der Waals surface area contributed by atoms with Crippen molar-refractivity contribution in [3.05, 3.63) is 28.8 Å². The highest BCUT2D eigenvalue weighted by molar-refractivity contribution is 5.77. The van der Waals surface area contributed by atoms with Crippen LogP contribution in [-0.2, 0) is 4.79 Å². The van der Waals surface area contributed by atoms with Crippen molar-refractivity contribution in [2.24, 2.45) is 5.73 Å². The third kappa shape index (κ3) is 4.04. The summed E-state index contributed by atoms with van der Waals surface area (Å²) in [6.07, 6.45) is 0. The van der Waals surface area contributed by atoms with Gasteiger partial charge >= 0.3 is 0 Å². The molecule has 0 fully saturated rings. The predicted molar refractivity (Wildman–Crippen MR) is 72.8 cm³/mol. The monoisotopic (exact) mass is 250 g/mol.